The molecule has 0 fully saturated rings. The highest BCUT2D eigenvalue weighted by Crippen LogP contribution is 2.16. The van der Waals surface area contributed by atoms with Crippen molar-refractivity contribution in [3.63, 3.8) is 0 Å². The first-order chi connectivity index (χ1) is 14.2. The minimum Gasteiger partial charge on any atom is -0.489 e. The van der Waals surface area contributed by atoms with Crippen molar-refractivity contribution >= 4 is 18.3 Å². The zero-order valence-electron chi connectivity index (χ0n) is 17.6. The van der Waals surface area contributed by atoms with Crippen molar-refractivity contribution in [3.8, 4) is 5.75 Å². The van der Waals surface area contributed by atoms with Crippen LogP contribution in [0.15, 0.2) is 48.5 Å². The molecule has 2 aromatic carbocycles. The third-order valence-corrected chi connectivity index (χ3v) is 4.03. The lowest BCUT2D eigenvalue weighted by molar-refractivity contribution is -0.109. The molecule has 7 heteroatoms. The molecule has 1 atom stereocenters. The average molecular weight is 413 g/mol. The first kappa shape index (κ1) is 22.9. The molecule has 0 heterocycles. The Morgan fingerprint density at radius 3 is 2.13 bits per heavy atom. The van der Waals surface area contributed by atoms with Crippen molar-refractivity contribution in [1.29, 1.82) is 0 Å². The Bertz CT molecular complexity index is 853. The SMILES string of the molecule is COC(=O)c1ccc(COc2ccc(C[C@@H](C=O)NC(=O)OC(C)(C)C)cc2)cc1. The van der Waals surface area contributed by atoms with Crippen molar-refractivity contribution in [2.24, 2.45) is 0 Å². The van der Waals surface area contributed by atoms with Gasteiger partial charge in [-0.05, 0) is 62.6 Å². The number of carbonyl (C=O) groups is 3. The molecule has 0 aliphatic rings. The quantitative estimate of drug-likeness (QED) is 0.524. The fourth-order valence-electron chi connectivity index (χ4n) is 2.59. The van der Waals surface area contributed by atoms with Crippen LogP contribution >= 0.6 is 0 Å². The van der Waals surface area contributed by atoms with Crippen molar-refractivity contribution in [1.82, 2.24) is 5.32 Å². The second kappa shape index (κ2) is 10.4. The standard InChI is InChI=1S/C23H27NO6/c1-23(2,3)30-22(27)24-19(14-25)13-16-7-11-20(12-8-16)29-15-17-5-9-18(10-6-17)21(26)28-4/h5-12,14,19H,13,15H2,1-4H3,(H,24,27)/t19-/m0/s1. The van der Waals surface area contributed by atoms with Crippen LogP contribution in [0.1, 0.15) is 42.3 Å². The van der Waals surface area contributed by atoms with Crippen LogP contribution < -0.4 is 10.1 Å². The van der Waals surface area contributed by atoms with Gasteiger partial charge in [-0.25, -0.2) is 9.59 Å². The molecule has 0 aliphatic heterocycles. The number of rotatable bonds is 8. The maximum Gasteiger partial charge on any atom is 0.408 e. The van der Waals surface area contributed by atoms with Gasteiger partial charge in [0.2, 0.25) is 0 Å². The first-order valence-corrected chi connectivity index (χ1v) is 9.54. The zero-order chi connectivity index (χ0) is 22.1. The lowest BCUT2D eigenvalue weighted by atomic mass is 10.1. The van der Waals surface area contributed by atoms with Gasteiger partial charge < -0.3 is 24.3 Å². The highest BCUT2D eigenvalue weighted by Gasteiger charge is 2.19. The van der Waals surface area contributed by atoms with Crippen molar-refractivity contribution in [2.75, 3.05) is 7.11 Å². The predicted molar refractivity (Wildman–Crippen MR) is 111 cm³/mol. The smallest absolute Gasteiger partial charge is 0.408 e. The van der Waals surface area contributed by atoms with E-state index in [1.807, 2.05) is 12.1 Å². The van der Waals surface area contributed by atoms with E-state index < -0.39 is 17.7 Å². The number of nitrogens with one attached hydrogen (secondary N) is 1. The Labute approximate surface area is 176 Å². The summed E-state index contributed by atoms with van der Waals surface area (Å²) < 4.78 is 15.6. The summed E-state index contributed by atoms with van der Waals surface area (Å²) in [6.45, 7) is 5.62. The lowest BCUT2D eigenvalue weighted by Crippen LogP contribution is -2.41. The molecule has 0 spiro atoms. The largest absolute Gasteiger partial charge is 0.489 e. The third-order valence-electron chi connectivity index (χ3n) is 4.03. The maximum atomic E-state index is 11.8. The van der Waals surface area contributed by atoms with E-state index >= 15 is 0 Å². The minimum absolute atomic E-state index is 0.345. The summed E-state index contributed by atoms with van der Waals surface area (Å²) in [5.74, 6) is 0.284. The van der Waals surface area contributed by atoms with E-state index in [1.54, 1.807) is 57.2 Å². The molecule has 0 bridgehead atoms. The van der Waals surface area contributed by atoms with Gasteiger partial charge in [0.15, 0.2) is 0 Å². The molecule has 0 radical (unpaired) electrons. The zero-order valence-corrected chi connectivity index (χ0v) is 17.6. The average Bonchev–Trinajstić information content (AvgIpc) is 2.71. The third kappa shape index (κ3) is 7.58. The maximum absolute atomic E-state index is 11.8. The van der Waals surface area contributed by atoms with Crippen molar-refractivity contribution in [2.45, 2.75) is 45.4 Å². The molecular weight excluding hydrogens is 386 g/mol. The Kier molecular flexibility index (Phi) is 7.98. The minimum atomic E-state index is -0.681. The summed E-state index contributed by atoms with van der Waals surface area (Å²) in [7, 11) is 1.34. The normalized spacial score (nSPS) is 11.9. The molecule has 2 aromatic rings. The second-order valence-corrected chi connectivity index (χ2v) is 7.71. The van der Waals surface area contributed by atoms with Gasteiger partial charge in [-0.15, -0.1) is 0 Å². The number of aldehydes is 1. The monoisotopic (exact) mass is 413 g/mol. The summed E-state index contributed by atoms with van der Waals surface area (Å²) >= 11 is 0. The van der Waals surface area contributed by atoms with Crippen LogP contribution in [0, 0.1) is 0 Å². The van der Waals surface area contributed by atoms with Crippen molar-refractivity contribution in [3.05, 3.63) is 65.2 Å². The van der Waals surface area contributed by atoms with Crippen LogP contribution in [-0.4, -0.2) is 37.1 Å². The summed E-state index contributed by atoms with van der Waals surface area (Å²) in [6.07, 6.45) is 0.405. The molecule has 0 aromatic heterocycles. The topological polar surface area (TPSA) is 90.9 Å². The van der Waals surface area contributed by atoms with Gasteiger partial charge in [0, 0.05) is 0 Å². The molecule has 160 valence electrons. The van der Waals surface area contributed by atoms with Crippen LogP contribution in [0.5, 0.6) is 5.75 Å². The Morgan fingerprint density at radius 1 is 1.00 bits per heavy atom. The molecular formula is C23H27NO6. The number of esters is 1. The van der Waals surface area contributed by atoms with Crippen LogP contribution in [0.25, 0.3) is 0 Å². The Hall–Kier alpha value is -3.35. The van der Waals surface area contributed by atoms with Crippen LogP contribution in [0.4, 0.5) is 4.79 Å². The van der Waals surface area contributed by atoms with Crippen LogP contribution in [-0.2, 0) is 27.3 Å². The summed E-state index contributed by atoms with van der Waals surface area (Å²) in [5.41, 5.74) is 1.64. The van der Waals surface area contributed by atoms with Crippen molar-refractivity contribution < 1.29 is 28.6 Å². The number of ether oxygens (including phenoxy) is 3. The number of methoxy groups -OCH3 is 1. The highest BCUT2D eigenvalue weighted by molar-refractivity contribution is 5.89. The van der Waals surface area contributed by atoms with E-state index in [4.69, 9.17) is 9.47 Å². The fourth-order valence-corrected chi connectivity index (χ4v) is 2.59. The molecule has 1 N–H and O–H groups in total. The van der Waals surface area contributed by atoms with Crippen LogP contribution in [0.2, 0.25) is 0 Å². The molecule has 0 saturated carbocycles. The summed E-state index contributed by atoms with van der Waals surface area (Å²) in [4.78, 5) is 34.6. The number of hydrogen-bond acceptors (Lipinski definition) is 6. The van der Waals surface area contributed by atoms with Gasteiger partial charge in [0.1, 0.15) is 24.2 Å². The van der Waals surface area contributed by atoms with Gasteiger partial charge in [0.25, 0.3) is 0 Å². The van der Waals surface area contributed by atoms with E-state index in [-0.39, 0.29) is 5.97 Å². The molecule has 2 rings (SSSR count). The predicted octanol–water partition coefficient (Wildman–Crippen LogP) is 3.69. The van der Waals surface area contributed by atoms with Gasteiger partial charge in [-0.1, -0.05) is 24.3 Å². The van der Waals surface area contributed by atoms with E-state index in [1.165, 1.54) is 7.11 Å². The van der Waals surface area contributed by atoms with Crippen LogP contribution in [0.3, 0.4) is 0 Å². The molecule has 30 heavy (non-hydrogen) atoms. The van der Waals surface area contributed by atoms with Gasteiger partial charge in [-0.2, -0.15) is 0 Å². The highest BCUT2D eigenvalue weighted by atomic mass is 16.6. The number of amides is 1. The number of benzene rings is 2. The van der Waals surface area contributed by atoms with Gasteiger partial charge >= 0.3 is 12.1 Å². The molecule has 0 aliphatic carbocycles. The van der Waals surface area contributed by atoms with E-state index in [0.717, 1.165) is 11.1 Å². The molecule has 0 saturated heterocycles. The number of hydrogen-bond donors (Lipinski definition) is 1. The summed E-state index contributed by atoms with van der Waals surface area (Å²) in [5, 5.41) is 2.56. The summed E-state index contributed by atoms with van der Waals surface area (Å²) in [6, 6.07) is 13.6. The number of alkyl carbamates (subject to hydrolysis) is 1. The fraction of sp³-hybridized carbons (Fsp3) is 0.348. The van der Waals surface area contributed by atoms with E-state index in [0.29, 0.717) is 30.6 Å². The number of carbonyl (C=O) groups excluding carboxylic acids is 3. The Morgan fingerprint density at radius 2 is 1.60 bits per heavy atom. The second-order valence-electron chi connectivity index (χ2n) is 7.71. The van der Waals surface area contributed by atoms with E-state index in [9.17, 15) is 14.4 Å². The van der Waals surface area contributed by atoms with E-state index in [2.05, 4.69) is 10.1 Å². The molecule has 7 nitrogen and oxygen atoms in total. The molecule has 1 amide bonds. The first-order valence-electron chi connectivity index (χ1n) is 9.54. The lowest BCUT2D eigenvalue weighted by Gasteiger charge is -2.21. The molecule has 0 unspecified atom stereocenters. The van der Waals surface area contributed by atoms with Gasteiger partial charge in [0.05, 0.1) is 18.7 Å². The van der Waals surface area contributed by atoms with Gasteiger partial charge in [-0.3, -0.25) is 0 Å². The Balaban J connectivity index is 1.87.